The van der Waals surface area contributed by atoms with E-state index in [1.165, 1.54) is 38.5 Å². The van der Waals surface area contributed by atoms with Crippen LogP contribution in [0.2, 0.25) is 0 Å². The highest BCUT2D eigenvalue weighted by Gasteiger charge is 2.59. The molecule has 6 rings (SSSR count). The molecule has 0 aromatic carbocycles. The molecule has 6 aliphatic rings. The van der Waals surface area contributed by atoms with Gasteiger partial charge in [-0.2, -0.15) is 0 Å². The molecule has 0 radical (unpaired) electrons. The van der Waals surface area contributed by atoms with Crippen molar-refractivity contribution in [2.24, 2.45) is 35.0 Å². The second kappa shape index (κ2) is 12.3. The van der Waals surface area contributed by atoms with Crippen molar-refractivity contribution in [3.05, 3.63) is 22.8 Å². The van der Waals surface area contributed by atoms with Crippen molar-refractivity contribution < 1.29 is 24.1 Å². The summed E-state index contributed by atoms with van der Waals surface area (Å²) in [5.74, 6) is 3.47. The van der Waals surface area contributed by atoms with E-state index in [0.29, 0.717) is 55.8 Å². The molecule has 2 saturated heterocycles. The number of nitrogens with zero attached hydrogens (tertiary/aromatic N) is 1. The quantitative estimate of drug-likeness (QED) is 0.280. The topological polar surface area (TPSA) is 60.4 Å². The number of piperidine rings is 1. The lowest BCUT2D eigenvalue weighted by atomic mass is 9.56. The lowest BCUT2D eigenvalue weighted by Gasteiger charge is -2.49. The largest absolute Gasteiger partial charge is 0.389 e. The fraction of sp³-hybridized carbons (Fsp3) is 0.886. The van der Waals surface area contributed by atoms with E-state index in [2.05, 4.69) is 38.7 Å². The molecule has 0 aromatic rings. The summed E-state index contributed by atoms with van der Waals surface area (Å²) in [5, 5.41) is 10.3. The number of hydrogen-bond acceptors (Lipinski definition) is 6. The standard InChI is InChI=1S/C35H57NO5/c1-23-18-32-33(36(22-23)12-13-39-16-17-40-15-14-38-5)25(3)35(41-32)11-9-28-29-7-6-26-19-27(37)8-10-34(26,4)31(29)20-30(28)24(2)21-35/h19,23,25,27-29,31-33,37H,6-18,20-22H2,1-5H3/t23-,25+,27-,28-,29-,31-,32+,33?,34-,35-/m0/s1. The zero-order chi connectivity index (χ0) is 28.8. The van der Waals surface area contributed by atoms with Crippen molar-refractivity contribution in [3.8, 4) is 0 Å². The highest BCUT2D eigenvalue weighted by molar-refractivity contribution is 5.33. The Morgan fingerprint density at radius 1 is 1.05 bits per heavy atom. The average Bonchev–Trinajstić information content (AvgIpc) is 3.40. The molecule has 0 amide bonds. The van der Waals surface area contributed by atoms with E-state index in [0.717, 1.165) is 56.7 Å². The number of methoxy groups -OCH3 is 1. The van der Waals surface area contributed by atoms with Gasteiger partial charge in [-0.05, 0) is 93.8 Å². The first-order chi connectivity index (χ1) is 19.8. The molecule has 4 aliphatic carbocycles. The predicted octanol–water partition coefficient (Wildman–Crippen LogP) is 5.78. The van der Waals surface area contributed by atoms with Gasteiger partial charge in [-0.3, -0.25) is 4.90 Å². The van der Waals surface area contributed by atoms with Crippen molar-refractivity contribution in [2.45, 2.75) is 109 Å². The van der Waals surface area contributed by atoms with E-state index in [4.69, 9.17) is 18.9 Å². The zero-order valence-corrected chi connectivity index (χ0v) is 26.5. The summed E-state index contributed by atoms with van der Waals surface area (Å²) in [6.45, 7) is 15.3. The van der Waals surface area contributed by atoms with E-state index >= 15 is 0 Å². The van der Waals surface area contributed by atoms with Gasteiger partial charge in [0.2, 0.25) is 0 Å². The van der Waals surface area contributed by atoms with E-state index in [9.17, 15) is 5.11 Å². The van der Waals surface area contributed by atoms with Crippen LogP contribution in [-0.4, -0.2) is 87.1 Å². The van der Waals surface area contributed by atoms with Gasteiger partial charge in [0.15, 0.2) is 0 Å². The van der Waals surface area contributed by atoms with Crippen molar-refractivity contribution in [3.63, 3.8) is 0 Å². The van der Waals surface area contributed by atoms with Crippen molar-refractivity contribution in [1.29, 1.82) is 0 Å². The molecule has 232 valence electrons. The van der Waals surface area contributed by atoms with E-state index in [1.54, 1.807) is 23.8 Å². The Labute approximate surface area is 249 Å². The number of hydrogen-bond donors (Lipinski definition) is 1. The van der Waals surface area contributed by atoms with Crippen LogP contribution in [0.3, 0.4) is 0 Å². The summed E-state index contributed by atoms with van der Waals surface area (Å²) < 4.78 is 23.9. The van der Waals surface area contributed by atoms with Crippen molar-refractivity contribution in [1.82, 2.24) is 4.90 Å². The first-order valence-corrected chi connectivity index (χ1v) is 16.9. The summed E-state index contributed by atoms with van der Waals surface area (Å²) in [6, 6.07) is 0.492. The molecular weight excluding hydrogens is 514 g/mol. The monoisotopic (exact) mass is 571 g/mol. The molecule has 0 bridgehead atoms. The fourth-order valence-corrected chi connectivity index (χ4v) is 10.6. The van der Waals surface area contributed by atoms with Gasteiger partial charge in [0, 0.05) is 32.2 Å². The Morgan fingerprint density at radius 2 is 1.83 bits per heavy atom. The summed E-state index contributed by atoms with van der Waals surface area (Å²) in [7, 11) is 1.70. The Hall–Kier alpha value is -0.760. The minimum absolute atomic E-state index is 0.0246. The number of fused-ring (bicyclic) bond motifs is 6. The number of allylic oxidation sites excluding steroid dienone is 2. The number of rotatable bonds is 9. The predicted molar refractivity (Wildman–Crippen MR) is 162 cm³/mol. The number of ether oxygens (including phenoxy) is 4. The SMILES string of the molecule is COCCOCCOCCN1C[C@@H](C)C[C@H]2O[C@]3(CC[C@@H]4C(=C(C)C3)C[C@H]3[C@H]4CCC4=C[C@@H](O)CC[C@@]43C)[C@H](C)C21. The van der Waals surface area contributed by atoms with E-state index in [1.807, 2.05) is 0 Å². The molecule has 6 nitrogen and oxygen atoms in total. The zero-order valence-electron chi connectivity index (χ0n) is 26.5. The molecule has 1 unspecified atom stereocenters. The molecule has 1 N–H and O–H groups in total. The first kappa shape index (κ1) is 30.3. The van der Waals surface area contributed by atoms with Crippen LogP contribution in [0, 0.1) is 35.0 Å². The van der Waals surface area contributed by atoms with Crippen LogP contribution in [-0.2, 0) is 18.9 Å². The highest BCUT2D eigenvalue weighted by Crippen LogP contribution is 2.64. The van der Waals surface area contributed by atoms with Crippen molar-refractivity contribution in [2.75, 3.05) is 53.2 Å². The molecule has 2 aliphatic heterocycles. The molecule has 0 aromatic heterocycles. The Bertz CT molecular complexity index is 995. The number of aliphatic hydroxyl groups is 1. The minimum atomic E-state index is -0.221. The van der Waals surface area contributed by atoms with Gasteiger partial charge in [0.1, 0.15) is 0 Å². The van der Waals surface area contributed by atoms with E-state index in [-0.39, 0.29) is 11.7 Å². The lowest BCUT2D eigenvalue weighted by molar-refractivity contribution is -0.0807. The molecule has 6 heteroatoms. The molecule has 2 heterocycles. The Morgan fingerprint density at radius 3 is 2.63 bits per heavy atom. The summed E-state index contributed by atoms with van der Waals surface area (Å²) in [6.07, 6.45) is 13.0. The second-order valence-electron chi connectivity index (χ2n) is 14.9. The third-order valence-corrected chi connectivity index (χ3v) is 12.6. The lowest BCUT2D eigenvalue weighted by Crippen LogP contribution is -2.52. The van der Waals surface area contributed by atoms with Gasteiger partial charge in [-0.15, -0.1) is 0 Å². The van der Waals surface area contributed by atoms with Crippen LogP contribution in [0.4, 0.5) is 0 Å². The van der Waals surface area contributed by atoms with Gasteiger partial charge >= 0.3 is 0 Å². The summed E-state index contributed by atoms with van der Waals surface area (Å²) in [4.78, 5) is 2.71. The van der Waals surface area contributed by atoms with Crippen LogP contribution < -0.4 is 0 Å². The van der Waals surface area contributed by atoms with Crippen LogP contribution in [0.5, 0.6) is 0 Å². The van der Waals surface area contributed by atoms with Crippen LogP contribution in [0.15, 0.2) is 22.8 Å². The summed E-state index contributed by atoms with van der Waals surface area (Å²) >= 11 is 0. The molecule has 4 fully saturated rings. The van der Waals surface area contributed by atoms with Gasteiger partial charge in [-0.25, -0.2) is 0 Å². The maximum absolute atomic E-state index is 10.3. The average molecular weight is 572 g/mol. The molecule has 41 heavy (non-hydrogen) atoms. The number of aliphatic hydroxyl groups excluding tert-OH is 1. The van der Waals surface area contributed by atoms with Gasteiger partial charge < -0.3 is 24.1 Å². The van der Waals surface area contributed by atoms with Crippen molar-refractivity contribution >= 4 is 0 Å². The van der Waals surface area contributed by atoms with Gasteiger partial charge in [0.05, 0.1) is 50.8 Å². The van der Waals surface area contributed by atoms with E-state index < -0.39 is 0 Å². The molecule has 2 saturated carbocycles. The normalized spacial score (nSPS) is 44.3. The highest BCUT2D eigenvalue weighted by atomic mass is 16.5. The summed E-state index contributed by atoms with van der Waals surface area (Å²) in [5.41, 5.74) is 5.28. The van der Waals surface area contributed by atoms with Crippen LogP contribution in [0.25, 0.3) is 0 Å². The Kier molecular flexibility index (Phi) is 9.10. The maximum atomic E-state index is 10.3. The maximum Gasteiger partial charge on any atom is 0.0765 e. The van der Waals surface area contributed by atoms with Crippen LogP contribution in [0.1, 0.15) is 85.5 Å². The van der Waals surface area contributed by atoms with Gasteiger partial charge in [0.25, 0.3) is 0 Å². The Balaban J connectivity index is 1.13. The minimum Gasteiger partial charge on any atom is -0.389 e. The molecule has 10 atom stereocenters. The number of likely N-dealkylation sites (tertiary alicyclic amines) is 1. The first-order valence-electron chi connectivity index (χ1n) is 16.9. The fourth-order valence-electron chi connectivity index (χ4n) is 10.6. The second-order valence-corrected chi connectivity index (χ2v) is 14.9. The van der Waals surface area contributed by atoms with Gasteiger partial charge in [-0.1, -0.05) is 43.6 Å². The van der Waals surface area contributed by atoms with Crippen LogP contribution >= 0.6 is 0 Å². The molecular formula is C35H57NO5. The third-order valence-electron chi connectivity index (χ3n) is 12.6. The third kappa shape index (κ3) is 5.64. The smallest absolute Gasteiger partial charge is 0.0765 e. The molecule has 1 spiro atoms.